The van der Waals surface area contributed by atoms with Gasteiger partial charge in [0.25, 0.3) is 5.91 Å². The molecule has 8 heteroatoms. The molecule has 0 spiro atoms. The summed E-state index contributed by atoms with van der Waals surface area (Å²) in [5.41, 5.74) is 0.901. The molecule has 2 saturated heterocycles. The van der Waals surface area contributed by atoms with Crippen LogP contribution < -0.4 is 0 Å². The SMILES string of the molecule is CC[C@H](C)C(=O)N=C1S[C@H]2CS(=O)(=O)C[C@H]2N1Cc1ccccc1Cl. The lowest BCUT2D eigenvalue weighted by Crippen LogP contribution is -2.37. The first-order chi connectivity index (χ1) is 11.8. The molecule has 3 rings (SSSR count). The Morgan fingerprint density at radius 2 is 2.12 bits per heavy atom. The maximum Gasteiger partial charge on any atom is 0.250 e. The second kappa shape index (κ2) is 7.29. The van der Waals surface area contributed by atoms with E-state index in [1.165, 1.54) is 11.8 Å². The molecule has 0 N–H and O–H groups in total. The van der Waals surface area contributed by atoms with Crippen molar-refractivity contribution in [1.29, 1.82) is 0 Å². The molecule has 1 aromatic rings. The molecule has 0 aliphatic carbocycles. The molecule has 2 aliphatic rings. The van der Waals surface area contributed by atoms with Crippen LogP contribution in [0.15, 0.2) is 29.3 Å². The van der Waals surface area contributed by atoms with Gasteiger partial charge in [-0.1, -0.05) is 55.4 Å². The number of fused-ring (bicyclic) bond motifs is 1. The number of rotatable bonds is 4. The van der Waals surface area contributed by atoms with Crippen LogP contribution in [0.1, 0.15) is 25.8 Å². The molecule has 0 unspecified atom stereocenters. The van der Waals surface area contributed by atoms with Crippen LogP contribution in [0.3, 0.4) is 0 Å². The maximum atomic E-state index is 12.3. The van der Waals surface area contributed by atoms with Gasteiger partial charge in [0.2, 0.25) is 0 Å². The highest BCUT2D eigenvalue weighted by Crippen LogP contribution is 2.39. The molecule has 5 nitrogen and oxygen atoms in total. The number of carbonyl (C=O) groups is 1. The molecule has 136 valence electrons. The first-order valence-corrected chi connectivity index (χ1v) is 11.4. The summed E-state index contributed by atoms with van der Waals surface area (Å²) in [5, 5.41) is 1.18. The highest BCUT2D eigenvalue weighted by molar-refractivity contribution is 8.15. The molecule has 0 aromatic heterocycles. The molecule has 25 heavy (non-hydrogen) atoms. The van der Waals surface area contributed by atoms with Crippen LogP contribution in [0.2, 0.25) is 5.02 Å². The Kier molecular flexibility index (Phi) is 5.46. The molecular formula is C17H21ClN2O3S2. The standard InChI is InChI=1S/C17H21ClN2O3S2/c1-3-11(2)16(21)19-17-20(8-12-6-4-5-7-13(12)18)14-9-25(22,23)10-15(14)24-17/h4-7,11,14-15H,3,8-10H2,1-2H3/t11-,14+,15-/m0/s1. The van der Waals surface area contributed by atoms with Crippen LogP contribution in [0.5, 0.6) is 0 Å². The molecule has 2 aliphatic heterocycles. The number of amides is 1. The van der Waals surface area contributed by atoms with E-state index in [-0.39, 0.29) is 34.6 Å². The average molecular weight is 401 g/mol. The number of hydrogen-bond donors (Lipinski definition) is 0. The van der Waals surface area contributed by atoms with Crippen molar-refractivity contribution in [3.8, 4) is 0 Å². The summed E-state index contributed by atoms with van der Waals surface area (Å²) >= 11 is 7.68. The van der Waals surface area contributed by atoms with Gasteiger partial charge in [-0.2, -0.15) is 4.99 Å². The van der Waals surface area contributed by atoms with Gasteiger partial charge in [-0.25, -0.2) is 8.42 Å². The Balaban J connectivity index is 1.91. The molecule has 0 bridgehead atoms. The molecule has 3 atom stereocenters. The summed E-state index contributed by atoms with van der Waals surface area (Å²) in [5.74, 6) is -0.0553. The third-order valence-electron chi connectivity index (χ3n) is 4.71. The van der Waals surface area contributed by atoms with Crippen molar-refractivity contribution in [3.63, 3.8) is 0 Å². The first-order valence-electron chi connectivity index (χ1n) is 8.30. The lowest BCUT2D eigenvalue weighted by Gasteiger charge is -2.25. The van der Waals surface area contributed by atoms with Crippen LogP contribution in [-0.2, 0) is 21.2 Å². The van der Waals surface area contributed by atoms with E-state index >= 15 is 0 Å². The Morgan fingerprint density at radius 3 is 2.80 bits per heavy atom. The van der Waals surface area contributed by atoms with E-state index in [4.69, 9.17) is 11.6 Å². The zero-order valence-electron chi connectivity index (χ0n) is 14.2. The minimum Gasteiger partial charge on any atom is -0.342 e. The molecular weight excluding hydrogens is 380 g/mol. The number of nitrogens with zero attached hydrogens (tertiary/aromatic N) is 2. The first kappa shape index (κ1) is 18.7. The third kappa shape index (κ3) is 4.04. The largest absolute Gasteiger partial charge is 0.342 e. The summed E-state index contributed by atoms with van der Waals surface area (Å²) in [6.07, 6.45) is 0.728. The van der Waals surface area contributed by atoms with Gasteiger partial charge >= 0.3 is 0 Å². The maximum absolute atomic E-state index is 12.3. The summed E-state index contributed by atoms with van der Waals surface area (Å²) < 4.78 is 24.0. The van der Waals surface area contributed by atoms with Crippen molar-refractivity contribution in [2.45, 2.75) is 38.1 Å². The number of hydrogen-bond acceptors (Lipinski definition) is 4. The quantitative estimate of drug-likeness (QED) is 0.777. The van der Waals surface area contributed by atoms with Gasteiger partial charge in [-0.05, 0) is 18.1 Å². The van der Waals surface area contributed by atoms with Gasteiger partial charge in [0.1, 0.15) is 0 Å². The number of sulfone groups is 1. The highest BCUT2D eigenvalue weighted by Gasteiger charge is 2.48. The van der Waals surface area contributed by atoms with E-state index in [1.54, 1.807) is 0 Å². The average Bonchev–Trinajstić information content (AvgIpc) is 3.01. The molecule has 2 fully saturated rings. The Labute approximate surface area is 157 Å². The number of carbonyl (C=O) groups excluding carboxylic acids is 1. The smallest absolute Gasteiger partial charge is 0.250 e. The predicted octanol–water partition coefficient (Wildman–Crippen LogP) is 2.98. The summed E-state index contributed by atoms with van der Waals surface area (Å²) in [4.78, 5) is 18.5. The number of amidine groups is 1. The number of thioether (sulfide) groups is 1. The topological polar surface area (TPSA) is 66.8 Å². The monoisotopic (exact) mass is 400 g/mol. The van der Waals surface area contributed by atoms with E-state index in [0.717, 1.165) is 12.0 Å². The zero-order chi connectivity index (χ0) is 18.2. The lowest BCUT2D eigenvalue weighted by atomic mass is 10.1. The summed E-state index contributed by atoms with van der Waals surface area (Å²) in [6, 6.07) is 7.32. The van der Waals surface area contributed by atoms with Crippen molar-refractivity contribution >= 4 is 44.3 Å². The van der Waals surface area contributed by atoms with Crippen LogP contribution in [0, 0.1) is 5.92 Å². The van der Waals surface area contributed by atoms with E-state index < -0.39 is 9.84 Å². The van der Waals surface area contributed by atoms with E-state index in [0.29, 0.717) is 16.7 Å². The number of aliphatic imine (C=N–C) groups is 1. The third-order valence-corrected chi connectivity index (χ3v) is 8.33. The second-order valence-corrected chi connectivity index (χ2v) is 10.3. The summed E-state index contributed by atoms with van der Waals surface area (Å²) in [7, 11) is -3.05. The normalized spacial score (nSPS) is 27.5. The lowest BCUT2D eigenvalue weighted by molar-refractivity contribution is -0.121. The van der Waals surface area contributed by atoms with Gasteiger partial charge in [0, 0.05) is 22.7 Å². The van der Waals surface area contributed by atoms with Gasteiger partial charge in [-0.3, -0.25) is 4.79 Å². The fraction of sp³-hybridized carbons (Fsp3) is 0.529. The molecule has 2 heterocycles. The molecule has 1 amide bonds. The Bertz CT molecular complexity index is 810. The molecule has 1 aromatic carbocycles. The van der Waals surface area contributed by atoms with Crippen LogP contribution in [-0.4, -0.2) is 47.2 Å². The van der Waals surface area contributed by atoms with Crippen LogP contribution in [0.25, 0.3) is 0 Å². The van der Waals surface area contributed by atoms with Crippen molar-refractivity contribution in [2.24, 2.45) is 10.9 Å². The number of benzene rings is 1. The van der Waals surface area contributed by atoms with Crippen molar-refractivity contribution in [1.82, 2.24) is 4.90 Å². The van der Waals surface area contributed by atoms with E-state index in [9.17, 15) is 13.2 Å². The van der Waals surface area contributed by atoms with Gasteiger partial charge in [0.15, 0.2) is 15.0 Å². The minimum atomic E-state index is -3.05. The highest BCUT2D eigenvalue weighted by atomic mass is 35.5. The molecule has 0 saturated carbocycles. The Morgan fingerprint density at radius 1 is 1.40 bits per heavy atom. The number of halogens is 1. The minimum absolute atomic E-state index is 0.0732. The summed E-state index contributed by atoms with van der Waals surface area (Å²) in [6.45, 7) is 4.26. The fourth-order valence-corrected chi connectivity index (χ4v) is 7.16. The van der Waals surface area contributed by atoms with Crippen molar-refractivity contribution in [3.05, 3.63) is 34.9 Å². The Hall–Kier alpha value is -1.05. The van der Waals surface area contributed by atoms with Gasteiger partial charge in [0.05, 0.1) is 17.5 Å². The van der Waals surface area contributed by atoms with E-state index in [2.05, 4.69) is 4.99 Å². The van der Waals surface area contributed by atoms with Crippen LogP contribution >= 0.6 is 23.4 Å². The van der Waals surface area contributed by atoms with Crippen LogP contribution in [0.4, 0.5) is 0 Å². The van der Waals surface area contributed by atoms with Gasteiger partial charge < -0.3 is 4.90 Å². The second-order valence-electron chi connectivity index (χ2n) is 6.56. The fourth-order valence-electron chi connectivity index (χ4n) is 3.01. The predicted molar refractivity (Wildman–Crippen MR) is 103 cm³/mol. The molecule has 0 radical (unpaired) electrons. The van der Waals surface area contributed by atoms with E-state index in [1.807, 2.05) is 43.0 Å². The van der Waals surface area contributed by atoms with Crippen molar-refractivity contribution in [2.75, 3.05) is 11.5 Å². The zero-order valence-corrected chi connectivity index (χ0v) is 16.6. The van der Waals surface area contributed by atoms with Gasteiger partial charge in [-0.15, -0.1) is 0 Å². The van der Waals surface area contributed by atoms with Crippen molar-refractivity contribution < 1.29 is 13.2 Å².